The van der Waals surface area contributed by atoms with E-state index in [-0.39, 0.29) is 11.4 Å². The van der Waals surface area contributed by atoms with Crippen LogP contribution in [-0.4, -0.2) is 15.0 Å². The molecule has 0 unspecified atom stereocenters. The molecule has 0 spiro atoms. The molecule has 3 aromatic rings. The number of benzene rings is 1. The van der Waals surface area contributed by atoms with E-state index < -0.39 is 0 Å². The molecule has 0 atom stereocenters. The number of fused-ring (bicyclic) bond motifs is 1. The van der Waals surface area contributed by atoms with Crippen molar-refractivity contribution in [1.82, 2.24) is 15.0 Å². The van der Waals surface area contributed by atoms with Crippen molar-refractivity contribution in [2.24, 2.45) is 0 Å². The monoisotopic (exact) mass is 267 g/mol. The summed E-state index contributed by atoms with van der Waals surface area (Å²) >= 11 is 0. The summed E-state index contributed by atoms with van der Waals surface area (Å²) in [6.45, 7) is 0. The second-order valence-corrected chi connectivity index (χ2v) is 4.20. The molecule has 3 rings (SSSR count). The normalized spacial score (nSPS) is 11.2. The lowest BCUT2D eigenvalue weighted by atomic mass is 10.2. The molecule has 0 saturated carbocycles. The Labute approximate surface area is 113 Å². The number of H-pyrrole nitrogens is 1. The molecule has 2 aromatic heterocycles. The number of rotatable bonds is 2. The first kappa shape index (κ1) is 12.2. The van der Waals surface area contributed by atoms with Gasteiger partial charge in [-0.05, 0) is 24.3 Å². The largest absolute Gasteiger partial charge is 0.306 e. The van der Waals surface area contributed by atoms with Gasteiger partial charge in [0.2, 0.25) is 0 Å². The van der Waals surface area contributed by atoms with Crippen LogP contribution < -0.4 is 5.56 Å². The summed E-state index contributed by atoms with van der Waals surface area (Å²) in [5.74, 6) is 0.0345. The van der Waals surface area contributed by atoms with Gasteiger partial charge in [0.25, 0.3) is 5.56 Å². The van der Waals surface area contributed by atoms with Gasteiger partial charge in [-0.15, -0.1) is 0 Å². The minimum absolute atomic E-state index is 0.245. The summed E-state index contributed by atoms with van der Waals surface area (Å²) < 4.78 is 13.5. The van der Waals surface area contributed by atoms with Crippen LogP contribution in [0.2, 0.25) is 0 Å². The van der Waals surface area contributed by atoms with Crippen molar-refractivity contribution in [2.75, 3.05) is 0 Å². The first-order chi connectivity index (χ1) is 9.74. The van der Waals surface area contributed by atoms with Crippen molar-refractivity contribution in [3.05, 3.63) is 70.3 Å². The predicted octanol–water partition coefficient (Wildman–Crippen LogP) is 2.63. The van der Waals surface area contributed by atoms with E-state index >= 15 is 0 Å². The summed E-state index contributed by atoms with van der Waals surface area (Å²) in [5, 5.41) is 0.475. The molecule has 0 aliphatic carbocycles. The molecule has 0 saturated heterocycles. The first-order valence-corrected chi connectivity index (χ1v) is 6.01. The highest BCUT2D eigenvalue weighted by Crippen LogP contribution is 2.10. The number of nitrogens with one attached hydrogen (secondary N) is 1. The number of aromatic nitrogens is 3. The van der Waals surface area contributed by atoms with Gasteiger partial charge in [-0.2, -0.15) is 0 Å². The van der Waals surface area contributed by atoms with Crippen LogP contribution in [0.4, 0.5) is 4.39 Å². The van der Waals surface area contributed by atoms with Crippen LogP contribution in [0.5, 0.6) is 0 Å². The Morgan fingerprint density at radius 2 is 2.00 bits per heavy atom. The van der Waals surface area contributed by atoms with Gasteiger partial charge < -0.3 is 4.98 Å². The standard InChI is InChI=1S/C15H10FN3O/c16-12-4-2-1-3-10(12)5-6-14-18-13-9-17-8-7-11(13)15(20)19-14/h1-9H,(H,18,19,20)/b6-5+. The fourth-order valence-electron chi connectivity index (χ4n) is 1.87. The average Bonchev–Trinajstić information content (AvgIpc) is 2.46. The molecule has 0 aliphatic heterocycles. The molecule has 0 amide bonds. The molecule has 98 valence electrons. The predicted molar refractivity (Wildman–Crippen MR) is 75.5 cm³/mol. The SMILES string of the molecule is O=c1[nH]c(/C=C/c2ccccc2F)nc2cnccc12. The molecule has 1 aromatic carbocycles. The van der Waals surface area contributed by atoms with E-state index in [4.69, 9.17) is 0 Å². The number of halogens is 1. The van der Waals surface area contributed by atoms with Crippen molar-refractivity contribution in [3.8, 4) is 0 Å². The molecule has 0 fully saturated rings. The number of aromatic amines is 1. The van der Waals surface area contributed by atoms with Gasteiger partial charge in [0.15, 0.2) is 0 Å². The number of hydrogen-bond acceptors (Lipinski definition) is 3. The van der Waals surface area contributed by atoms with E-state index in [9.17, 15) is 9.18 Å². The highest BCUT2D eigenvalue weighted by Gasteiger charge is 2.01. The van der Waals surface area contributed by atoms with Crippen LogP contribution >= 0.6 is 0 Å². The zero-order valence-corrected chi connectivity index (χ0v) is 10.4. The van der Waals surface area contributed by atoms with Crippen LogP contribution in [0, 0.1) is 5.82 Å². The minimum Gasteiger partial charge on any atom is -0.306 e. The van der Waals surface area contributed by atoms with E-state index in [0.717, 1.165) is 0 Å². The highest BCUT2D eigenvalue weighted by atomic mass is 19.1. The first-order valence-electron chi connectivity index (χ1n) is 6.01. The molecule has 4 nitrogen and oxygen atoms in total. The zero-order chi connectivity index (χ0) is 13.9. The maximum atomic E-state index is 13.5. The summed E-state index contributed by atoms with van der Waals surface area (Å²) in [7, 11) is 0. The number of pyridine rings is 1. The molecular weight excluding hydrogens is 257 g/mol. The lowest BCUT2D eigenvalue weighted by Gasteiger charge is -1.98. The van der Waals surface area contributed by atoms with Crippen molar-refractivity contribution in [3.63, 3.8) is 0 Å². The van der Waals surface area contributed by atoms with E-state index in [1.165, 1.54) is 18.5 Å². The molecule has 2 heterocycles. The van der Waals surface area contributed by atoms with Crippen LogP contribution in [0.25, 0.3) is 23.1 Å². The minimum atomic E-state index is -0.325. The van der Waals surface area contributed by atoms with E-state index in [1.54, 1.807) is 36.4 Å². The van der Waals surface area contributed by atoms with Crippen molar-refractivity contribution in [2.45, 2.75) is 0 Å². The molecule has 1 N–H and O–H groups in total. The highest BCUT2D eigenvalue weighted by molar-refractivity contribution is 5.78. The summed E-state index contributed by atoms with van der Waals surface area (Å²) in [6, 6.07) is 7.98. The molecular formula is C15H10FN3O. The maximum Gasteiger partial charge on any atom is 0.259 e. The Morgan fingerprint density at radius 1 is 1.15 bits per heavy atom. The van der Waals surface area contributed by atoms with Crippen molar-refractivity contribution in [1.29, 1.82) is 0 Å². The molecule has 0 radical (unpaired) electrons. The van der Waals surface area contributed by atoms with Crippen molar-refractivity contribution >= 4 is 23.1 Å². The van der Waals surface area contributed by atoms with Crippen LogP contribution in [0.3, 0.4) is 0 Å². The van der Waals surface area contributed by atoms with E-state index in [2.05, 4.69) is 15.0 Å². The Bertz CT molecular complexity index is 855. The molecule has 20 heavy (non-hydrogen) atoms. The van der Waals surface area contributed by atoms with Gasteiger partial charge in [-0.3, -0.25) is 9.78 Å². The zero-order valence-electron chi connectivity index (χ0n) is 10.4. The summed E-state index contributed by atoms with van der Waals surface area (Å²) in [5.41, 5.74) is 0.691. The molecule has 0 aliphatic rings. The summed E-state index contributed by atoms with van der Waals surface area (Å²) in [4.78, 5) is 22.7. The third-order valence-electron chi connectivity index (χ3n) is 2.85. The average molecular weight is 267 g/mol. The van der Waals surface area contributed by atoms with Gasteiger partial charge >= 0.3 is 0 Å². The van der Waals surface area contributed by atoms with Gasteiger partial charge in [-0.1, -0.05) is 18.2 Å². The smallest absolute Gasteiger partial charge is 0.259 e. The third kappa shape index (κ3) is 2.33. The van der Waals surface area contributed by atoms with Crippen LogP contribution in [-0.2, 0) is 0 Å². The lowest BCUT2D eigenvalue weighted by molar-refractivity contribution is 0.625. The second-order valence-electron chi connectivity index (χ2n) is 4.20. The third-order valence-corrected chi connectivity index (χ3v) is 2.85. The van der Waals surface area contributed by atoms with Gasteiger partial charge in [0.05, 0.1) is 17.1 Å². The molecule has 5 heteroatoms. The Hall–Kier alpha value is -2.82. The number of nitrogens with zero attached hydrogens (tertiary/aromatic N) is 2. The van der Waals surface area contributed by atoms with Gasteiger partial charge in [0, 0.05) is 11.8 Å². The fourth-order valence-corrected chi connectivity index (χ4v) is 1.87. The van der Waals surface area contributed by atoms with Gasteiger partial charge in [-0.25, -0.2) is 9.37 Å². The Morgan fingerprint density at radius 3 is 2.85 bits per heavy atom. The van der Waals surface area contributed by atoms with Crippen molar-refractivity contribution < 1.29 is 4.39 Å². The Balaban J connectivity index is 2.04. The van der Waals surface area contributed by atoms with Crippen LogP contribution in [0.1, 0.15) is 11.4 Å². The lowest BCUT2D eigenvalue weighted by Crippen LogP contribution is -2.09. The summed E-state index contributed by atoms with van der Waals surface area (Å²) in [6.07, 6.45) is 6.18. The number of hydrogen-bond donors (Lipinski definition) is 1. The van der Waals surface area contributed by atoms with Crippen LogP contribution in [0.15, 0.2) is 47.5 Å². The Kier molecular flexibility index (Phi) is 3.09. The van der Waals surface area contributed by atoms with E-state index in [0.29, 0.717) is 22.3 Å². The van der Waals surface area contributed by atoms with E-state index in [1.807, 2.05) is 0 Å². The quantitative estimate of drug-likeness (QED) is 0.776. The van der Waals surface area contributed by atoms with Gasteiger partial charge in [0.1, 0.15) is 11.6 Å². The molecule has 0 bridgehead atoms. The maximum absolute atomic E-state index is 13.5. The fraction of sp³-hybridized carbons (Fsp3) is 0. The second kappa shape index (κ2) is 5.05. The topological polar surface area (TPSA) is 58.6 Å².